The number of anilines is 2. The first-order valence-corrected chi connectivity index (χ1v) is 9.21. The monoisotopic (exact) mass is 424 g/mol. The fourth-order valence-corrected chi connectivity index (χ4v) is 3.32. The molecule has 1 atom stereocenters. The Balaban J connectivity index is 1.78. The van der Waals surface area contributed by atoms with Crippen molar-refractivity contribution in [3.63, 3.8) is 0 Å². The highest BCUT2D eigenvalue weighted by Crippen LogP contribution is 2.37. The number of methoxy groups -OCH3 is 1. The van der Waals surface area contributed by atoms with Crippen LogP contribution in [0.3, 0.4) is 0 Å². The number of aliphatic hydroxyl groups is 1. The summed E-state index contributed by atoms with van der Waals surface area (Å²) < 4.78 is 8.36. The molecule has 0 aliphatic heterocycles. The van der Waals surface area contributed by atoms with Crippen LogP contribution in [0, 0.1) is 11.3 Å². The van der Waals surface area contributed by atoms with Crippen LogP contribution in [0.5, 0.6) is 5.75 Å². The molecular weight excluding hydrogens is 408 g/mol. The number of ether oxygens (including phenoxy) is 1. The van der Waals surface area contributed by atoms with Crippen molar-refractivity contribution in [1.29, 1.82) is 5.26 Å². The fourth-order valence-electron chi connectivity index (χ4n) is 3.15. The predicted molar refractivity (Wildman–Crippen MR) is 111 cm³/mol. The average molecular weight is 425 g/mol. The second-order valence-electron chi connectivity index (χ2n) is 6.33. The number of hydrogen-bond donors (Lipinski definition) is 3. The summed E-state index contributed by atoms with van der Waals surface area (Å²) >= 11 is 6.17. The molecule has 0 bridgehead atoms. The maximum atomic E-state index is 10.9. The molecule has 4 rings (SSSR count). The van der Waals surface area contributed by atoms with Crippen molar-refractivity contribution in [1.82, 2.24) is 24.4 Å². The van der Waals surface area contributed by atoms with Crippen molar-refractivity contribution in [2.24, 2.45) is 0 Å². The van der Waals surface area contributed by atoms with E-state index in [1.54, 1.807) is 42.9 Å². The number of nitrogens with two attached hydrogens (primary N) is 1. The van der Waals surface area contributed by atoms with Crippen LogP contribution in [0.25, 0.3) is 16.9 Å². The summed E-state index contributed by atoms with van der Waals surface area (Å²) in [6.45, 7) is 0.0219. The third kappa shape index (κ3) is 3.47. The van der Waals surface area contributed by atoms with Crippen molar-refractivity contribution in [3.05, 3.63) is 53.4 Å². The van der Waals surface area contributed by atoms with Gasteiger partial charge in [-0.2, -0.15) is 10.4 Å². The Hall–Kier alpha value is -3.81. The minimum Gasteiger partial charge on any atom is -0.496 e. The van der Waals surface area contributed by atoms with Crippen molar-refractivity contribution >= 4 is 28.8 Å². The zero-order valence-corrected chi connectivity index (χ0v) is 16.6. The van der Waals surface area contributed by atoms with Gasteiger partial charge in [-0.25, -0.2) is 9.50 Å². The number of aliphatic hydroxyl groups excluding tert-OH is 1. The molecule has 3 heterocycles. The molecule has 0 saturated heterocycles. The number of nitrogens with one attached hydrogen (secondary N) is 1. The third-order valence-electron chi connectivity index (χ3n) is 4.44. The van der Waals surface area contributed by atoms with E-state index >= 15 is 0 Å². The quantitative estimate of drug-likeness (QED) is 0.401. The number of hydrogen-bond acceptors (Lipinski definition) is 8. The summed E-state index contributed by atoms with van der Waals surface area (Å²) in [4.78, 5) is 4.24. The highest BCUT2D eigenvalue weighted by Gasteiger charge is 2.23. The van der Waals surface area contributed by atoms with Crippen LogP contribution in [0.1, 0.15) is 11.8 Å². The molecule has 30 heavy (non-hydrogen) atoms. The van der Waals surface area contributed by atoms with E-state index in [4.69, 9.17) is 27.3 Å². The molecule has 0 fully saturated rings. The number of halogens is 1. The Bertz CT molecular complexity index is 1260. The zero-order chi connectivity index (χ0) is 21.3. The van der Waals surface area contributed by atoms with E-state index in [9.17, 15) is 5.11 Å². The van der Waals surface area contributed by atoms with E-state index in [1.807, 2.05) is 6.07 Å². The van der Waals surface area contributed by atoms with E-state index in [1.165, 1.54) is 16.3 Å². The summed E-state index contributed by atoms with van der Waals surface area (Å²) in [7, 11) is 1.53. The van der Waals surface area contributed by atoms with Gasteiger partial charge in [0.15, 0.2) is 17.7 Å². The van der Waals surface area contributed by atoms with Crippen LogP contribution in [0.4, 0.5) is 11.5 Å². The smallest absolute Gasteiger partial charge is 0.164 e. The highest BCUT2D eigenvalue weighted by molar-refractivity contribution is 6.31. The summed E-state index contributed by atoms with van der Waals surface area (Å²) in [5.41, 5.74) is 8.25. The minimum atomic E-state index is -1.24. The van der Waals surface area contributed by atoms with Gasteiger partial charge in [-0.1, -0.05) is 11.6 Å². The Kier molecular flexibility index (Phi) is 5.14. The molecule has 0 amide bonds. The number of nitrogens with zero attached hydrogens (tertiary/aromatic N) is 6. The van der Waals surface area contributed by atoms with E-state index < -0.39 is 6.23 Å². The summed E-state index contributed by atoms with van der Waals surface area (Å²) in [5, 5.41) is 32.0. The molecule has 4 N–H and O–H groups in total. The van der Waals surface area contributed by atoms with E-state index in [0.29, 0.717) is 38.9 Å². The van der Waals surface area contributed by atoms with E-state index in [-0.39, 0.29) is 12.4 Å². The van der Waals surface area contributed by atoms with Crippen molar-refractivity contribution in [2.45, 2.75) is 12.8 Å². The minimum absolute atomic E-state index is 0.0219. The normalized spacial score (nSPS) is 11.9. The van der Waals surface area contributed by atoms with Crippen LogP contribution in [0.2, 0.25) is 5.02 Å². The molecule has 1 unspecified atom stereocenters. The van der Waals surface area contributed by atoms with Gasteiger partial charge >= 0.3 is 0 Å². The number of rotatable bonds is 6. The molecule has 152 valence electrons. The van der Waals surface area contributed by atoms with Gasteiger partial charge in [0.1, 0.15) is 18.0 Å². The van der Waals surface area contributed by atoms with Gasteiger partial charge in [-0.3, -0.25) is 4.68 Å². The maximum Gasteiger partial charge on any atom is 0.164 e. The molecule has 0 aliphatic rings. The topological polar surface area (TPSA) is 139 Å². The second kappa shape index (κ2) is 7.90. The largest absolute Gasteiger partial charge is 0.496 e. The lowest BCUT2D eigenvalue weighted by atomic mass is 10.1. The molecule has 1 aromatic carbocycles. The number of nitriles is 1. The Labute approximate surface area is 176 Å². The molecule has 0 aliphatic carbocycles. The van der Waals surface area contributed by atoms with Gasteiger partial charge in [0.05, 0.1) is 30.6 Å². The summed E-state index contributed by atoms with van der Waals surface area (Å²) in [5.74, 6) is 0.677. The Morgan fingerprint density at radius 2 is 2.23 bits per heavy atom. The SMILES string of the molecule is COc1ccc(Cl)cc1-c1nn(CC#N)cc1NC(O)c1c(N)nn2cccnc12. The highest BCUT2D eigenvalue weighted by atomic mass is 35.5. The van der Waals surface area contributed by atoms with Crippen LogP contribution in [-0.2, 0) is 6.54 Å². The van der Waals surface area contributed by atoms with Crippen LogP contribution < -0.4 is 15.8 Å². The zero-order valence-electron chi connectivity index (χ0n) is 15.8. The summed E-state index contributed by atoms with van der Waals surface area (Å²) in [6, 6.07) is 8.86. The number of fused-ring (bicyclic) bond motifs is 1. The molecule has 3 aromatic heterocycles. The molecule has 0 spiro atoms. The Morgan fingerprint density at radius 1 is 1.40 bits per heavy atom. The van der Waals surface area contributed by atoms with E-state index in [2.05, 4.69) is 20.5 Å². The number of nitrogen functional groups attached to an aromatic ring is 1. The molecule has 10 nitrogen and oxygen atoms in total. The summed E-state index contributed by atoms with van der Waals surface area (Å²) in [6.07, 6.45) is 3.64. The fraction of sp³-hybridized carbons (Fsp3) is 0.158. The molecule has 0 radical (unpaired) electrons. The Morgan fingerprint density at radius 3 is 3.00 bits per heavy atom. The van der Waals surface area contributed by atoms with Crippen LogP contribution in [0.15, 0.2) is 42.9 Å². The number of benzene rings is 1. The standard InChI is InChI=1S/C19H17ClN8O2/c1-30-14-4-3-11(20)9-12(14)16-13(10-27(25-16)8-5-21)24-19(29)15-17(22)26-28-7-2-6-23-18(15)28/h2-4,6-7,9-10,19,24,29H,8H2,1H3,(H2,22,26). The lowest BCUT2D eigenvalue weighted by molar-refractivity contribution is 0.210. The van der Waals surface area contributed by atoms with Gasteiger partial charge in [-0.15, -0.1) is 5.10 Å². The average Bonchev–Trinajstić information content (AvgIpc) is 3.27. The molecular formula is C19H17ClN8O2. The first-order valence-electron chi connectivity index (χ1n) is 8.83. The third-order valence-corrected chi connectivity index (χ3v) is 4.67. The molecule has 0 saturated carbocycles. The lowest BCUT2D eigenvalue weighted by Gasteiger charge is -2.14. The first-order chi connectivity index (χ1) is 14.5. The first kappa shape index (κ1) is 19.5. The molecule has 4 aromatic rings. The molecule has 11 heteroatoms. The van der Waals surface area contributed by atoms with Crippen LogP contribution >= 0.6 is 11.6 Å². The number of aromatic nitrogens is 5. The van der Waals surface area contributed by atoms with Crippen molar-refractivity contribution in [3.8, 4) is 23.1 Å². The van der Waals surface area contributed by atoms with Gasteiger partial charge in [0.25, 0.3) is 0 Å². The van der Waals surface area contributed by atoms with Gasteiger partial charge in [0, 0.05) is 23.0 Å². The predicted octanol–water partition coefficient (Wildman–Crippen LogP) is 2.46. The van der Waals surface area contributed by atoms with Crippen LogP contribution in [-0.4, -0.2) is 36.6 Å². The van der Waals surface area contributed by atoms with Gasteiger partial charge in [0.2, 0.25) is 0 Å². The van der Waals surface area contributed by atoms with Gasteiger partial charge in [-0.05, 0) is 24.3 Å². The van der Waals surface area contributed by atoms with Crippen molar-refractivity contribution in [2.75, 3.05) is 18.2 Å². The van der Waals surface area contributed by atoms with Gasteiger partial charge < -0.3 is 20.9 Å². The van der Waals surface area contributed by atoms with E-state index in [0.717, 1.165) is 0 Å². The second-order valence-corrected chi connectivity index (χ2v) is 6.76. The lowest BCUT2D eigenvalue weighted by Crippen LogP contribution is -2.12. The van der Waals surface area contributed by atoms with Crippen molar-refractivity contribution < 1.29 is 9.84 Å². The maximum absolute atomic E-state index is 10.9.